The van der Waals surface area contributed by atoms with Crippen molar-refractivity contribution in [2.24, 2.45) is 7.05 Å². The minimum atomic E-state index is -4.64. The first-order valence-corrected chi connectivity index (χ1v) is 3.93. The third-order valence-electron chi connectivity index (χ3n) is 1.70. The van der Waals surface area contributed by atoms with Crippen molar-refractivity contribution >= 4 is 5.91 Å². The lowest BCUT2D eigenvalue weighted by Crippen LogP contribution is -2.26. The molecule has 1 heterocycles. The highest BCUT2D eigenvalue weighted by Gasteiger charge is 2.40. The Morgan fingerprint density at radius 3 is 2.33 bits per heavy atom. The summed E-state index contributed by atoms with van der Waals surface area (Å²) in [6, 6.07) is 0. The summed E-state index contributed by atoms with van der Waals surface area (Å²) in [6.45, 7) is 0. The number of halogens is 3. The molecule has 8 heteroatoms. The van der Waals surface area contributed by atoms with Gasteiger partial charge >= 0.3 is 6.18 Å². The van der Waals surface area contributed by atoms with E-state index < -0.39 is 23.5 Å². The van der Waals surface area contributed by atoms with Crippen LogP contribution in [0.25, 0.3) is 0 Å². The monoisotopic (exact) mass is 222 g/mol. The second kappa shape index (κ2) is 3.52. The van der Waals surface area contributed by atoms with Crippen LogP contribution in [0.1, 0.15) is 16.2 Å². The Kier molecular flexibility index (Phi) is 2.69. The van der Waals surface area contributed by atoms with Gasteiger partial charge in [0, 0.05) is 21.1 Å². The summed E-state index contributed by atoms with van der Waals surface area (Å²) in [6.07, 6.45) is -4.64. The lowest BCUT2D eigenvalue weighted by Gasteiger charge is -2.11. The van der Waals surface area contributed by atoms with E-state index >= 15 is 0 Å². The number of hydrogen-bond acceptors (Lipinski definition) is 3. The van der Waals surface area contributed by atoms with Crippen molar-refractivity contribution in [3.63, 3.8) is 0 Å². The standard InChI is InChI=1S/C7H9F3N4O/c1-13(2)6(15)4-5(7(8,9)10)14(3)12-11-4/h1-3H3. The summed E-state index contributed by atoms with van der Waals surface area (Å²) in [5.74, 6) is -0.824. The van der Waals surface area contributed by atoms with E-state index in [1.54, 1.807) is 0 Å². The molecule has 1 rings (SSSR count). The molecule has 15 heavy (non-hydrogen) atoms. The van der Waals surface area contributed by atoms with Gasteiger partial charge < -0.3 is 4.90 Å². The molecule has 0 saturated carbocycles. The highest BCUT2D eigenvalue weighted by atomic mass is 19.4. The summed E-state index contributed by atoms with van der Waals surface area (Å²) in [4.78, 5) is 12.3. The highest BCUT2D eigenvalue weighted by Crippen LogP contribution is 2.30. The molecule has 1 amide bonds. The number of aromatic nitrogens is 3. The number of rotatable bonds is 1. The van der Waals surface area contributed by atoms with E-state index in [0.717, 1.165) is 11.9 Å². The Bertz CT molecular complexity index is 382. The molecule has 0 fully saturated rings. The van der Waals surface area contributed by atoms with Crippen molar-refractivity contribution in [1.29, 1.82) is 0 Å². The minimum Gasteiger partial charge on any atom is -0.343 e. The highest BCUT2D eigenvalue weighted by molar-refractivity contribution is 5.93. The van der Waals surface area contributed by atoms with Gasteiger partial charge in [-0.25, -0.2) is 4.68 Å². The van der Waals surface area contributed by atoms with Gasteiger partial charge in [-0.1, -0.05) is 5.21 Å². The van der Waals surface area contributed by atoms with E-state index in [1.807, 2.05) is 0 Å². The van der Waals surface area contributed by atoms with Crippen LogP contribution in [0.5, 0.6) is 0 Å². The molecule has 1 aromatic rings. The van der Waals surface area contributed by atoms with E-state index in [-0.39, 0.29) is 0 Å². The van der Waals surface area contributed by atoms with Gasteiger partial charge in [0.25, 0.3) is 5.91 Å². The Balaban J connectivity index is 3.27. The quantitative estimate of drug-likeness (QED) is 0.696. The van der Waals surface area contributed by atoms with E-state index in [1.165, 1.54) is 14.1 Å². The normalized spacial score (nSPS) is 11.6. The van der Waals surface area contributed by atoms with Gasteiger partial charge in [0.05, 0.1) is 0 Å². The molecule has 0 saturated heterocycles. The minimum absolute atomic E-state index is 0.538. The summed E-state index contributed by atoms with van der Waals surface area (Å²) in [7, 11) is 3.77. The maximum Gasteiger partial charge on any atom is 0.435 e. The molecule has 0 atom stereocenters. The Labute approximate surface area is 83.5 Å². The van der Waals surface area contributed by atoms with Crippen LogP contribution in [0.2, 0.25) is 0 Å². The second-order valence-electron chi connectivity index (χ2n) is 3.11. The fourth-order valence-electron chi connectivity index (χ4n) is 1.03. The van der Waals surface area contributed by atoms with Crippen molar-refractivity contribution in [3.05, 3.63) is 11.4 Å². The fraction of sp³-hybridized carbons (Fsp3) is 0.571. The van der Waals surface area contributed by atoms with E-state index in [4.69, 9.17) is 0 Å². The van der Waals surface area contributed by atoms with Gasteiger partial charge in [-0.3, -0.25) is 4.79 Å². The topological polar surface area (TPSA) is 51.0 Å². The molecule has 5 nitrogen and oxygen atoms in total. The molecule has 1 aromatic heterocycles. The zero-order valence-electron chi connectivity index (χ0n) is 8.33. The van der Waals surface area contributed by atoms with E-state index in [9.17, 15) is 18.0 Å². The summed E-state index contributed by atoms with van der Waals surface area (Å²) in [5.41, 5.74) is -1.82. The number of amides is 1. The van der Waals surface area contributed by atoms with Crippen LogP contribution in [0, 0.1) is 0 Å². The molecule has 0 aromatic carbocycles. The number of nitrogens with zero attached hydrogens (tertiary/aromatic N) is 4. The number of aryl methyl sites for hydroxylation is 1. The molecule has 0 aliphatic carbocycles. The first-order chi connectivity index (χ1) is 6.75. The molecule has 0 bridgehead atoms. The van der Waals surface area contributed by atoms with Crippen LogP contribution in [0.4, 0.5) is 13.2 Å². The van der Waals surface area contributed by atoms with Crippen molar-refractivity contribution in [3.8, 4) is 0 Å². The van der Waals surface area contributed by atoms with Crippen LogP contribution in [-0.2, 0) is 13.2 Å². The maximum atomic E-state index is 12.5. The largest absolute Gasteiger partial charge is 0.435 e. The van der Waals surface area contributed by atoms with Gasteiger partial charge in [0.15, 0.2) is 11.4 Å². The lowest BCUT2D eigenvalue weighted by molar-refractivity contribution is -0.144. The number of alkyl halides is 3. The molecule has 84 valence electrons. The summed E-state index contributed by atoms with van der Waals surface area (Å²) < 4.78 is 38.0. The van der Waals surface area contributed by atoms with Crippen molar-refractivity contribution in [2.45, 2.75) is 6.18 Å². The molecule has 0 unspecified atom stereocenters. The lowest BCUT2D eigenvalue weighted by atomic mass is 10.3. The van der Waals surface area contributed by atoms with E-state index in [0.29, 0.717) is 4.68 Å². The van der Waals surface area contributed by atoms with Gasteiger partial charge in [-0.2, -0.15) is 13.2 Å². The van der Waals surface area contributed by atoms with Crippen LogP contribution >= 0.6 is 0 Å². The van der Waals surface area contributed by atoms with Gasteiger partial charge in [0.1, 0.15) is 0 Å². The molecule has 0 spiro atoms. The average Bonchev–Trinajstić information content (AvgIpc) is 2.44. The predicted molar refractivity (Wildman–Crippen MR) is 44.0 cm³/mol. The first-order valence-electron chi connectivity index (χ1n) is 3.93. The Hall–Kier alpha value is -1.60. The fourth-order valence-corrected chi connectivity index (χ4v) is 1.03. The first kappa shape index (κ1) is 11.5. The van der Waals surface area contributed by atoms with Crippen LogP contribution < -0.4 is 0 Å². The molecule has 0 aliphatic heterocycles. The molecule has 0 aliphatic rings. The molecular weight excluding hydrogens is 213 g/mol. The average molecular weight is 222 g/mol. The molecular formula is C7H9F3N4O. The van der Waals surface area contributed by atoms with Crippen molar-refractivity contribution in [1.82, 2.24) is 19.9 Å². The Morgan fingerprint density at radius 1 is 1.40 bits per heavy atom. The molecule has 0 radical (unpaired) electrons. The molecule has 0 N–H and O–H groups in total. The van der Waals surface area contributed by atoms with Crippen molar-refractivity contribution in [2.75, 3.05) is 14.1 Å². The summed E-state index contributed by atoms with van der Waals surface area (Å²) >= 11 is 0. The number of carbonyl (C=O) groups is 1. The number of hydrogen-bond donors (Lipinski definition) is 0. The SMILES string of the molecule is CN(C)C(=O)c1nnn(C)c1C(F)(F)F. The predicted octanol–water partition coefficient (Wildman–Crippen LogP) is 0.536. The summed E-state index contributed by atoms with van der Waals surface area (Å²) in [5, 5.41) is 6.39. The zero-order valence-corrected chi connectivity index (χ0v) is 8.33. The second-order valence-corrected chi connectivity index (χ2v) is 3.11. The zero-order chi connectivity index (χ0) is 11.8. The van der Waals surface area contributed by atoms with E-state index in [2.05, 4.69) is 10.3 Å². The van der Waals surface area contributed by atoms with Gasteiger partial charge in [-0.05, 0) is 0 Å². The smallest absolute Gasteiger partial charge is 0.343 e. The van der Waals surface area contributed by atoms with Gasteiger partial charge in [-0.15, -0.1) is 5.10 Å². The van der Waals surface area contributed by atoms with Crippen LogP contribution in [0.3, 0.4) is 0 Å². The van der Waals surface area contributed by atoms with Crippen LogP contribution in [0.15, 0.2) is 0 Å². The third kappa shape index (κ3) is 2.08. The Morgan fingerprint density at radius 2 is 1.93 bits per heavy atom. The third-order valence-corrected chi connectivity index (χ3v) is 1.70. The maximum absolute atomic E-state index is 12.5. The number of carbonyl (C=O) groups excluding carboxylic acids is 1. The van der Waals surface area contributed by atoms with Crippen LogP contribution in [-0.4, -0.2) is 39.9 Å². The van der Waals surface area contributed by atoms with Gasteiger partial charge in [0.2, 0.25) is 0 Å². The van der Waals surface area contributed by atoms with Crippen molar-refractivity contribution < 1.29 is 18.0 Å².